The minimum Gasteiger partial charge on any atom is -0.391 e. The van der Waals surface area contributed by atoms with E-state index < -0.39 is 11.5 Å². The number of likely N-dealkylation sites (tertiary alicyclic amines) is 1. The molecule has 4 aliphatic rings. The summed E-state index contributed by atoms with van der Waals surface area (Å²) in [7, 11) is 0. The molecule has 12 heteroatoms. The Bertz CT molecular complexity index is 1920. The molecule has 0 spiro atoms. The van der Waals surface area contributed by atoms with Gasteiger partial charge in [-0.15, -0.1) is 0 Å². The van der Waals surface area contributed by atoms with Crippen LogP contribution in [0.1, 0.15) is 50.3 Å². The lowest BCUT2D eigenvalue weighted by molar-refractivity contribution is -0.130. The molecule has 0 radical (unpaired) electrons. The highest BCUT2D eigenvalue weighted by Crippen LogP contribution is 2.44. The second-order valence-electron chi connectivity index (χ2n) is 14.4. The van der Waals surface area contributed by atoms with Crippen LogP contribution < -0.4 is 15.4 Å². The number of hydrogen-bond donors (Lipinski definition) is 1. The molecular formula is C36H42ClN7O4. The van der Waals surface area contributed by atoms with Crippen molar-refractivity contribution in [3.05, 3.63) is 75.0 Å². The number of aliphatic hydroxyl groups is 1. The number of amides is 1. The Balaban J connectivity index is 0.872. The maximum absolute atomic E-state index is 13.0. The fourth-order valence-corrected chi connectivity index (χ4v) is 8.35. The zero-order valence-corrected chi connectivity index (χ0v) is 28.3. The Morgan fingerprint density at radius 3 is 2.54 bits per heavy atom. The van der Waals surface area contributed by atoms with Crippen molar-refractivity contribution in [1.82, 2.24) is 24.5 Å². The number of aliphatic hydroxyl groups excluding tert-OH is 1. The topological polar surface area (TPSA) is 111 Å². The van der Waals surface area contributed by atoms with Crippen LogP contribution in [0.15, 0.2) is 51.8 Å². The van der Waals surface area contributed by atoms with Crippen LogP contribution in [0.5, 0.6) is 0 Å². The lowest BCUT2D eigenvalue weighted by Crippen LogP contribution is -2.49. The van der Waals surface area contributed by atoms with Gasteiger partial charge >= 0.3 is 0 Å². The second kappa shape index (κ2) is 12.2. The Morgan fingerprint density at radius 2 is 1.79 bits per heavy atom. The minimum atomic E-state index is -0.421. The number of β-amino-alcohol motifs (C(OH)–C–C–N with tert-alkyl or cyclic N) is 1. The number of nitrogens with zero attached hydrogens (tertiary/aromatic N) is 7. The van der Waals surface area contributed by atoms with Crippen LogP contribution in [-0.2, 0) is 16.6 Å². The number of anilines is 2. The van der Waals surface area contributed by atoms with Crippen LogP contribution in [0.25, 0.3) is 16.6 Å². The van der Waals surface area contributed by atoms with Crippen LogP contribution in [-0.4, -0.2) is 101 Å². The Labute approximate surface area is 284 Å². The smallest absolute Gasteiger partial charge is 0.282 e. The molecule has 1 amide bonds. The molecule has 252 valence electrons. The van der Waals surface area contributed by atoms with Crippen molar-refractivity contribution in [2.45, 2.75) is 51.0 Å². The molecule has 1 unspecified atom stereocenters. The van der Waals surface area contributed by atoms with Crippen molar-refractivity contribution in [2.75, 3.05) is 68.7 Å². The predicted molar refractivity (Wildman–Crippen MR) is 185 cm³/mol. The molecule has 1 N–H and O–H groups in total. The first-order chi connectivity index (χ1) is 23.2. The molecule has 2 aromatic heterocycles. The maximum Gasteiger partial charge on any atom is 0.282 e. The molecule has 2 aromatic carbocycles. The van der Waals surface area contributed by atoms with E-state index in [4.69, 9.17) is 16.1 Å². The summed E-state index contributed by atoms with van der Waals surface area (Å²) >= 11 is 6.48. The van der Waals surface area contributed by atoms with Crippen LogP contribution in [0.2, 0.25) is 5.02 Å². The highest BCUT2D eigenvalue weighted by Gasteiger charge is 2.39. The number of piperazine rings is 1. The van der Waals surface area contributed by atoms with Gasteiger partial charge < -0.3 is 24.3 Å². The zero-order valence-electron chi connectivity index (χ0n) is 27.6. The quantitative estimate of drug-likeness (QED) is 0.327. The lowest BCUT2D eigenvalue weighted by Gasteiger charge is -2.39. The van der Waals surface area contributed by atoms with E-state index in [9.17, 15) is 14.7 Å². The van der Waals surface area contributed by atoms with Gasteiger partial charge in [0, 0.05) is 70.7 Å². The van der Waals surface area contributed by atoms with Crippen molar-refractivity contribution in [1.29, 1.82) is 0 Å². The lowest BCUT2D eigenvalue weighted by atomic mass is 9.85. The third-order valence-electron chi connectivity index (χ3n) is 10.9. The summed E-state index contributed by atoms with van der Waals surface area (Å²) < 4.78 is 7.64. The predicted octanol–water partition coefficient (Wildman–Crippen LogP) is 3.84. The van der Waals surface area contributed by atoms with Gasteiger partial charge in [-0.25, -0.2) is 0 Å². The van der Waals surface area contributed by atoms with E-state index in [1.807, 2.05) is 18.2 Å². The monoisotopic (exact) mass is 671 g/mol. The van der Waals surface area contributed by atoms with Crippen molar-refractivity contribution >= 4 is 39.9 Å². The number of aromatic nitrogens is 3. The number of halogens is 1. The molecule has 1 atom stereocenters. The van der Waals surface area contributed by atoms with E-state index in [0.29, 0.717) is 41.6 Å². The summed E-state index contributed by atoms with van der Waals surface area (Å²) in [5.74, 6) is 2.76. The first kappa shape index (κ1) is 31.3. The van der Waals surface area contributed by atoms with Gasteiger partial charge in [0.25, 0.3) is 5.56 Å². The van der Waals surface area contributed by atoms with Crippen molar-refractivity contribution < 1.29 is 14.4 Å². The Morgan fingerprint density at radius 1 is 1.00 bits per heavy atom. The van der Waals surface area contributed by atoms with Gasteiger partial charge in [0.15, 0.2) is 5.82 Å². The van der Waals surface area contributed by atoms with Gasteiger partial charge in [0.2, 0.25) is 5.91 Å². The van der Waals surface area contributed by atoms with Gasteiger partial charge in [-0.3, -0.25) is 19.1 Å². The van der Waals surface area contributed by atoms with Gasteiger partial charge in [-0.05, 0) is 68.9 Å². The summed E-state index contributed by atoms with van der Waals surface area (Å²) in [4.78, 5) is 39.1. The van der Waals surface area contributed by atoms with Crippen molar-refractivity contribution in [2.24, 2.45) is 5.92 Å². The van der Waals surface area contributed by atoms with Crippen LogP contribution in [0.4, 0.5) is 11.5 Å². The summed E-state index contributed by atoms with van der Waals surface area (Å²) in [6.07, 6.45) is 2.60. The number of carbonyl (C=O) groups excluding carboxylic acids is 1. The number of fused-ring (bicyclic) bond motifs is 5. The number of hydrogen-bond acceptors (Lipinski definition) is 9. The van der Waals surface area contributed by atoms with E-state index in [2.05, 4.69) is 61.5 Å². The normalized spacial score (nSPS) is 21.2. The zero-order chi connectivity index (χ0) is 33.2. The summed E-state index contributed by atoms with van der Waals surface area (Å²) in [6, 6.07) is 14.2. The van der Waals surface area contributed by atoms with Gasteiger partial charge in [-0.1, -0.05) is 28.9 Å². The van der Waals surface area contributed by atoms with Crippen molar-refractivity contribution in [3.63, 3.8) is 0 Å². The molecule has 6 heterocycles. The average molecular weight is 672 g/mol. The first-order valence-corrected chi connectivity index (χ1v) is 17.5. The van der Waals surface area contributed by atoms with E-state index in [1.54, 1.807) is 11.0 Å². The second-order valence-corrected chi connectivity index (χ2v) is 14.8. The highest BCUT2D eigenvalue weighted by atomic mass is 35.5. The van der Waals surface area contributed by atoms with E-state index in [1.165, 1.54) is 5.69 Å². The molecule has 48 heavy (non-hydrogen) atoms. The maximum atomic E-state index is 13.0. The molecule has 3 fully saturated rings. The Kier molecular flexibility index (Phi) is 7.96. The third-order valence-corrected chi connectivity index (χ3v) is 11.2. The molecule has 0 bridgehead atoms. The molecule has 4 aromatic rings. The fourth-order valence-electron chi connectivity index (χ4n) is 8.10. The summed E-state index contributed by atoms with van der Waals surface area (Å²) in [5.41, 5.74) is 3.54. The van der Waals surface area contributed by atoms with Crippen molar-refractivity contribution in [3.8, 4) is 5.69 Å². The van der Waals surface area contributed by atoms with Crippen LogP contribution in [0, 0.1) is 5.92 Å². The van der Waals surface area contributed by atoms with Gasteiger partial charge in [0.05, 0.1) is 39.6 Å². The Hall–Kier alpha value is -3.93. The van der Waals surface area contributed by atoms with E-state index in [-0.39, 0.29) is 17.9 Å². The third kappa shape index (κ3) is 5.55. The molecular weight excluding hydrogens is 630 g/mol. The standard InChI is InChI=1S/C36H42ClN7O4/c1-36(2)27-7-6-24(18-30(27)44-29-5-3-4-28(37)33(29)34(47)38-35(36)44)41-16-14-40(15-17-41)21-23-8-11-42(12-9-23)31-19-26(48-39-31)20-32(46)43-13-10-25(45)22-43/h3-7,18-19,23,25,45H,8-17,20-22H2,1-2H3. The SMILES string of the molecule is CC1(C)c2ccc(N3CCN(CC4CCN(c5cc(CC(=O)N6CCC(O)C6)on5)CC4)CC3)cc2-n2c1nc(=O)c1c(Cl)cccc12. The molecule has 0 saturated carbocycles. The first-order valence-electron chi connectivity index (χ1n) is 17.2. The number of benzene rings is 2. The number of carbonyl (C=O) groups is 1. The van der Waals surface area contributed by atoms with E-state index in [0.717, 1.165) is 87.1 Å². The molecule has 11 nitrogen and oxygen atoms in total. The number of rotatable bonds is 6. The number of piperidine rings is 1. The molecule has 4 aliphatic heterocycles. The molecule has 3 saturated heterocycles. The fraction of sp³-hybridized carbons (Fsp3) is 0.500. The highest BCUT2D eigenvalue weighted by molar-refractivity contribution is 6.35. The average Bonchev–Trinajstić information content (AvgIpc) is 3.79. The molecule has 0 aliphatic carbocycles. The summed E-state index contributed by atoms with van der Waals surface area (Å²) in [5, 5.41) is 14.9. The van der Waals surface area contributed by atoms with Crippen LogP contribution in [0.3, 0.4) is 0 Å². The van der Waals surface area contributed by atoms with E-state index >= 15 is 0 Å². The van der Waals surface area contributed by atoms with Gasteiger partial charge in [0.1, 0.15) is 11.6 Å². The van der Waals surface area contributed by atoms with Gasteiger partial charge in [-0.2, -0.15) is 4.98 Å². The summed E-state index contributed by atoms with van der Waals surface area (Å²) in [6.45, 7) is 12.2. The van der Waals surface area contributed by atoms with Crippen LogP contribution >= 0.6 is 11.6 Å². The largest absolute Gasteiger partial charge is 0.391 e. The minimum absolute atomic E-state index is 0.0207. The molecule has 8 rings (SSSR count).